The molecule has 5 atom stereocenters. The Morgan fingerprint density at radius 3 is 2.26 bits per heavy atom. The van der Waals surface area contributed by atoms with Gasteiger partial charge in [-0.25, -0.2) is 0 Å². The van der Waals surface area contributed by atoms with Gasteiger partial charge in [0.2, 0.25) is 17.7 Å². The predicted molar refractivity (Wildman–Crippen MR) is 185 cm³/mol. The molecule has 1 aromatic carbocycles. The van der Waals surface area contributed by atoms with Crippen molar-refractivity contribution in [3.05, 3.63) is 49.6 Å². The lowest BCUT2D eigenvalue weighted by Gasteiger charge is -2.45. The molecule has 0 saturated carbocycles. The van der Waals surface area contributed by atoms with Gasteiger partial charge in [0.05, 0.1) is 24.0 Å². The number of hydrogen-bond donors (Lipinski definition) is 1. The summed E-state index contributed by atoms with van der Waals surface area (Å²) < 4.78 is 12.7. The third-order valence-electron chi connectivity index (χ3n) is 10.3. The highest BCUT2D eigenvalue weighted by molar-refractivity contribution is 6.03. The van der Waals surface area contributed by atoms with Crippen LogP contribution in [0.4, 0.5) is 5.69 Å². The number of benzene rings is 1. The number of carbonyl (C=O) groups is 3. The quantitative estimate of drug-likeness (QED) is 0.180. The topological polar surface area (TPSA) is 99.6 Å². The van der Waals surface area contributed by atoms with E-state index in [-0.39, 0.29) is 36.3 Å². The lowest BCUT2D eigenvalue weighted by Crippen LogP contribution is -2.61. The molecule has 2 bridgehead atoms. The van der Waals surface area contributed by atoms with Gasteiger partial charge in [-0.3, -0.25) is 14.4 Å². The van der Waals surface area contributed by atoms with Crippen LogP contribution in [0.5, 0.6) is 5.75 Å². The summed E-state index contributed by atoms with van der Waals surface area (Å²) >= 11 is 0. The van der Waals surface area contributed by atoms with E-state index < -0.39 is 34.6 Å². The van der Waals surface area contributed by atoms with E-state index >= 15 is 4.79 Å². The van der Waals surface area contributed by atoms with Crippen LogP contribution in [-0.4, -0.2) is 88.3 Å². The molecule has 260 valence electrons. The van der Waals surface area contributed by atoms with Crippen molar-refractivity contribution in [2.24, 2.45) is 17.3 Å². The number of aliphatic hydroxyl groups is 1. The molecule has 3 saturated heterocycles. The maximum Gasteiger partial charge on any atom is 0.249 e. The minimum absolute atomic E-state index is 0.00836. The zero-order chi connectivity index (χ0) is 34.8. The van der Waals surface area contributed by atoms with Crippen molar-refractivity contribution in [3.8, 4) is 5.75 Å². The molecule has 3 aliphatic rings. The molecular weight excluding hydrogens is 594 g/mol. The summed E-state index contributed by atoms with van der Waals surface area (Å²) in [4.78, 5) is 49.8. The molecule has 3 heterocycles. The van der Waals surface area contributed by atoms with Gasteiger partial charge < -0.3 is 29.3 Å². The number of carbonyl (C=O) groups excluding carboxylic acids is 3. The Labute approximate surface area is 281 Å². The number of unbranched alkanes of at least 4 members (excludes halogenated alkanes) is 1. The van der Waals surface area contributed by atoms with Crippen molar-refractivity contribution < 1.29 is 29.0 Å². The maximum atomic E-state index is 15.0. The summed E-state index contributed by atoms with van der Waals surface area (Å²) in [6, 6.07) is 6.49. The first kappa shape index (κ1) is 36.7. The number of nitrogens with zero attached hydrogens (tertiary/aromatic N) is 3. The number of likely N-dealkylation sites (tertiary alicyclic amines) is 1. The maximum absolute atomic E-state index is 15.0. The standard InChI is InChI=1S/C38H57N3O6/c1-10-22-39(27-16-18-28(19-17-27)46-13-4)32(43)29-30-33(44)40(24-14-15-25-42)31(38(30)21-20-37(29,12-3)47-38)34(45)41(23-11-2)36(8,9)26-35(5,6)7/h10-11,16-19,29-31,42H,1-2,12-15,20-26H2,3-9H3/t29-,30-,31?,37+,38?/m0/s1. The number of aliphatic hydroxyl groups excluding tert-OH is 1. The Morgan fingerprint density at radius 1 is 1.04 bits per heavy atom. The number of amides is 3. The smallest absolute Gasteiger partial charge is 0.249 e. The van der Waals surface area contributed by atoms with Crippen LogP contribution in [0, 0.1) is 17.3 Å². The first-order chi connectivity index (χ1) is 22.2. The highest BCUT2D eigenvalue weighted by Crippen LogP contribution is 2.65. The summed E-state index contributed by atoms with van der Waals surface area (Å²) in [6.07, 6.45) is 6.83. The number of hydrogen-bond acceptors (Lipinski definition) is 6. The van der Waals surface area contributed by atoms with E-state index in [4.69, 9.17) is 9.47 Å². The molecule has 9 heteroatoms. The summed E-state index contributed by atoms with van der Waals surface area (Å²) in [5.41, 5.74) is -1.93. The molecule has 47 heavy (non-hydrogen) atoms. The first-order valence-electron chi connectivity index (χ1n) is 17.4. The van der Waals surface area contributed by atoms with Gasteiger partial charge in [0.15, 0.2) is 0 Å². The molecule has 3 aliphatic heterocycles. The molecule has 1 aromatic rings. The summed E-state index contributed by atoms with van der Waals surface area (Å²) in [6.45, 7) is 23.8. The van der Waals surface area contributed by atoms with E-state index in [1.807, 2.05) is 43.0 Å². The number of fused-ring (bicyclic) bond motifs is 1. The van der Waals surface area contributed by atoms with E-state index in [0.717, 1.165) is 6.42 Å². The van der Waals surface area contributed by atoms with Crippen molar-refractivity contribution in [3.63, 3.8) is 0 Å². The van der Waals surface area contributed by atoms with Crippen LogP contribution in [0.25, 0.3) is 0 Å². The third kappa shape index (κ3) is 6.75. The van der Waals surface area contributed by atoms with Gasteiger partial charge in [-0.05, 0) is 89.0 Å². The zero-order valence-electron chi connectivity index (χ0n) is 29.7. The van der Waals surface area contributed by atoms with E-state index in [9.17, 15) is 14.7 Å². The third-order valence-corrected chi connectivity index (χ3v) is 10.3. The number of anilines is 1. The molecule has 2 unspecified atom stereocenters. The Bertz CT molecular complexity index is 1320. The van der Waals surface area contributed by atoms with Gasteiger partial charge in [0.25, 0.3) is 0 Å². The molecule has 3 fully saturated rings. The van der Waals surface area contributed by atoms with Crippen LogP contribution in [0.3, 0.4) is 0 Å². The molecule has 4 rings (SSSR count). The lowest BCUT2D eigenvalue weighted by atomic mass is 9.64. The minimum Gasteiger partial charge on any atom is -0.494 e. The second-order valence-electron chi connectivity index (χ2n) is 15.2. The van der Waals surface area contributed by atoms with Crippen LogP contribution >= 0.6 is 0 Å². The average Bonchev–Trinajstić information content (AvgIpc) is 3.61. The van der Waals surface area contributed by atoms with Gasteiger partial charge in [-0.15, -0.1) is 13.2 Å². The van der Waals surface area contributed by atoms with Crippen LogP contribution in [0.2, 0.25) is 0 Å². The highest BCUT2D eigenvalue weighted by Gasteiger charge is 2.79. The molecule has 9 nitrogen and oxygen atoms in total. The van der Waals surface area contributed by atoms with Gasteiger partial charge in [-0.2, -0.15) is 0 Å². The molecule has 1 spiro atoms. The second kappa shape index (κ2) is 14.1. The molecule has 3 amide bonds. The first-order valence-corrected chi connectivity index (χ1v) is 17.4. The monoisotopic (exact) mass is 651 g/mol. The highest BCUT2D eigenvalue weighted by atomic mass is 16.5. The molecule has 0 radical (unpaired) electrons. The van der Waals surface area contributed by atoms with Crippen LogP contribution in [0.15, 0.2) is 49.6 Å². The van der Waals surface area contributed by atoms with Gasteiger partial charge in [-0.1, -0.05) is 39.8 Å². The van der Waals surface area contributed by atoms with Crippen molar-refractivity contribution in [1.82, 2.24) is 9.80 Å². The van der Waals surface area contributed by atoms with Gasteiger partial charge >= 0.3 is 0 Å². The Balaban J connectivity index is 1.81. The summed E-state index contributed by atoms with van der Waals surface area (Å²) in [5.74, 6) is -1.46. The average molecular weight is 652 g/mol. The molecule has 0 aliphatic carbocycles. The second-order valence-corrected chi connectivity index (χ2v) is 15.2. The van der Waals surface area contributed by atoms with E-state index in [1.54, 1.807) is 22.0 Å². The van der Waals surface area contributed by atoms with E-state index in [0.29, 0.717) is 63.2 Å². The van der Waals surface area contributed by atoms with Crippen LogP contribution in [-0.2, 0) is 19.1 Å². The normalized spacial score (nSPS) is 26.7. The zero-order valence-corrected chi connectivity index (χ0v) is 29.7. The fourth-order valence-electron chi connectivity index (χ4n) is 8.82. The van der Waals surface area contributed by atoms with Gasteiger partial charge in [0.1, 0.15) is 17.4 Å². The van der Waals surface area contributed by atoms with Crippen LogP contribution < -0.4 is 9.64 Å². The van der Waals surface area contributed by atoms with Crippen molar-refractivity contribution >= 4 is 23.4 Å². The fraction of sp³-hybridized carbons (Fsp3) is 0.658. The summed E-state index contributed by atoms with van der Waals surface area (Å²) in [5, 5.41) is 9.59. The van der Waals surface area contributed by atoms with Gasteiger partial charge in [0, 0.05) is 37.5 Å². The molecular formula is C38H57N3O6. The number of rotatable bonds is 16. The van der Waals surface area contributed by atoms with Crippen molar-refractivity contribution in [2.45, 2.75) is 110 Å². The number of ether oxygens (including phenoxy) is 2. The predicted octanol–water partition coefficient (Wildman–Crippen LogP) is 5.76. The Kier molecular flexibility index (Phi) is 11.0. The Hall–Kier alpha value is -3.17. The van der Waals surface area contributed by atoms with Crippen LogP contribution in [0.1, 0.15) is 87.0 Å². The molecule has 1 N–H and O–H groups in total. The van der Waals surface area contributed by atoms with Crippen molar-refractivity contribution in [1.29, 1.82) is 0 Å². The van der Waals surface area contributed by atoms with E-state index in [2.05, 4.69) is 47.8 Å². The fourth-order valence-corrected chi connectivity index (χ4v) is 8.82. The minimum atomic E-state index is -1.14. The summed E-state index contributed by atoms with van der Waals surface area (Å²) in [7, 11) is 0. The largest absolute Gasteiger partial charge is 0.494 e. The molecule has 0 aromatic heterocycles. The SMILES string of the molecule is C=CCN(C(=O)[C@@H]1[C@H]2C(=O)N(CCCCO)C(C(=O)N(CC=C)C(C)(C)CC(C)(C)C)C23CC[C@@]1(CC)O3)c1ccc(OCC)cc1. The Morgan fingerprint density at radius 2 is 1.70 bits per heavy atom. The lowest BCUT2D eigenvalue weighted by molar-refractivity contribution is -0.157. The van der Waals surface area contributed by atoms with E-state index in [1.165, 1.54) is 0 Å². The van der Waals surface area contributed by atoms with Crippen molar-refractivity contribution in [2.75, 3.05) is 37.7 Å².